The zero-order valence-corrected chi connectivity index (χ0v) is 12.6. The summed E-state index contributed by atoms with van der Waals surface area (Å²) in [7, 11) is 1.44. The third-order valence-electron chi connectivity index (χ3n) is 4.27. The van der Waals surface area contributed by atoms with Gasteiger partial charge in [-0.05, 0) is 31.4 Å². The van der Waals surface area contributed by atoms with Crippen LogP contribution in [-0.4, -0.2) is 35.6 Å². The predicted octanol–water partition coefficient (Wildman–Crippen LogP) is 2.31. The van der Waals surface area contributed by atoms with Gasteiger partial charge in [-0.2, -0.15) is 0 Å². The van der Waals surface area contributed by atoms with Crippen molar-refractivity contribution in [2.45, 2.75) is 44.8 Å². The molecule has 0 spiro atoms. The first-order valence-electron chi connectivity index (χ1n) is 7.34. The minimum absolute atomic E-state index is 0.0176. The molecule has 0 bridgehead atoms. The number of nitrogens with zero attached hydrogens (tertiary/aromatic N) is 2. The topological polar surface area (TPSA) is 81.6 Å². The van der Waals surface area contributed by atoms with Gasteiger partial charge < -0.3 is 10.5 Å². The van der Waals surface area contributed by atoms with Crippen LogP contribution in [0.1, 0.15) is 31.7 Å². The first-order valence-corrected chi connectivity index (χ1v) is 7.34. The van der Waals surface area contributed by atoms with Crippen molar-refractivity contribution in [1.29, 1.82) is 0 Å². The summed E-state index contributed by atoms with van der Waals surface area (Å²) in [5.41, 5.74) is 6.81. The summed E-state index contributed by atoms with van der Waals surface area (Å²) in [5, 5.41) is 11.1. The van der Waals surface area contributed by atoms with Crippen LogP contribution in [0.25, 0.3) is 0 Å². The SMILES string of the molecule is COc1ccc(CN2C(C)CCCC2CN)cc1[N+](=O)[O-]. The molecule has 6 nitrogen and oxygen atoms in total. The summed E-state index contributed by atoms with van der Waals surface area (Å²) in [5.74, 6) is 0.297. The lowest BCUT2D eigenvalue weighted by atomic mass is 9.95. The number of rotatable bonds is 5. The second-order valence-corrected chi connectivity index (χ2v) is 5.61. The van der Waals surface area contributed by atoms with Gasteiger partial charge in [0, 0.05) is 31.2 Å². The van der Waals surface area contributed by atoms with Crippen molar-refractivity contribution in [2.75, 3.05) is 13.7 Å². The molecule has 1 saturated heterocycles. The molecule has 21 heavy (non-hydrogen) atoms. The molecule has 1 aliphatic rings. The monoisotopic (exact) mass is 293 g/mol. The Labute approximate surface area is 125 Å². The molecular weight excluding hydrogens is 270 g/mol. The van der Waals surface area contributed by atoms with Crippen LogP contribution < -0.4 is 10.5 Å². The third-order valence-corrected chi connectivity index (χ3v) is 4.27. The minimum atomic E-state index is -0.400. The lowest BCUT2D eigenvalue weighted by Gasteiger charge is -2.40. The Morgan fingerprint density at radius 3 is 2.86 bits per heavy atom. The number of likely N-dealkylation sites (tertiary alicyclic amines) is 1. The van der Waals surface area contributed by atoms with E-state index in [1.165, 1.54) is 13.5 Å². The van der Waals surface area contributed by atoms with E-state index in [4.69, 9.17) is 10.5 Å². The Hall–Kier alpha value is -1.66. The first-order chi connectivity index (χ1) is 10.1. The number of benzene rings is 1. The van der Waals surface area contributed by atoms with Gasteiger partial charge in [-0.3, -0.25) is 15.0 Å². The van der Waals surface area contributed by atoms with Crippen molar-refractivity contribution in [3.63, 3.8) is 0 Å². The van der Waals surface area contributed by atoms with Crippen molar-refractivity contribution in [2.24, 2.45) is 5.73 Å². The van der Waals surface area contributed by atoms with Gasteiger partial charge >= 0.3 is 5.69 Å². The van der Waals surface area contributed by atoms with Gasteiger partial charge in [0.05, 0.1) is 12.0 Å². The van der Waals surface area contributed by atoms with Crippen LogP contribution in [0.5, 0.6) is 5.75 Å². The molecule has 2 unspecified atom stereocenters. The maximum absolute atomic E-state index is 11.1. The summed E-state index contributed by atoms with van der Waals surface area (Å²) < 4.78 is 5.04. The fraction of sp³-hybridized carbons (Fsp3) is 0.600. The van der Waals surface area contributed by atoms with E-state index in [1.807, 2.05) is 6.07 Å². The Balaban J connectivity index is 2.21. The molecule has 0 amide bonds. The second-order valence-electron chi connectivity index (χ2n) is 5.61. The maximum Gasteiger partial charge on any atom is 0.311 e. The molecule has 0 aliphatic carbocycles. The van der Waals surface area contributed by atoms with E-state index >= 15 is 0 Å². The van der Waals surface area contributed by atoms with Crippen molar-refractivity contribution in [1.82, 2.24) is 4.90 Å². The highest BCUT2D eigenvalue weighted by atomic mass is 16.6. The van der Waals surface area contributed by atoms with Crippen LogP contribution in [0.3, 0.4) is 0 Å². The molecule has 2 rings (SSSR count). The van der Waals surface area contributed by atoms with Crippen LogP contribution >= 0.6 is 0 Å². The molecule has 1 heterocycles. The predicted molar refractivity (Wildman–Crippen MR) is 81.3 cm³/mol. The number of ether oxygens (including phenoxy) is 1. The van der Waals surface area contributed by atoms with Gasteiger partial charge in [0.1, 0.15) is 0 Å². The van der Waals surface area contributed by atoms with Gasteiger partial charge in [0.2, 0.25) is 0 Å². The van der Waals surface area contributed by atoms with Crippen molar-refractivity contribution in [3.05, 3.63) is 33.9 Å². The van der Waals surface area contributed by atoms with Crippen LogP contribution in [-0.2, 0) is 6.54 Å². The molecule has 0 radical (unpaired) electrons. The van der Waals surface area contributed by atoms with Gasteiger partial charge in [-0.1, -0.05) is 12.5 Å². The summed E-state index contributed by atoms with van der Waals surface area (Å²) >= 11 is 0. The maximum atomic E-state index is 11.1. The number of methoxy groups -OCH3 is 1. The van der Waals surface area contributed by atoms with E-state index in [0.29, 0.717) is 30.9 Å². The van der Waals surface area contributed by atoms with E-state index in [-0.39, 0.29) is 5.69 Å². The molecular formula is C15H23N3O3. The van der Waals surface area contributed by atoms with E-state index in [1.54, 1.807) is 12.1 Å². The number of nitrogens with two attached hydrogens (primary N) is 1. The largest absolute Gasteiger partial charge is 0.490 e. The summed E-state index contributed by atoms with van der Waals surface area (Å²) in [6.45, 7) is 3.51. The average Bonchev–Trinajstić information content (AvgIpc) is 2.49. The smallest absolute Gasteiger partial charge is 0.311 e. The number of nitro benzene ring substituents is 1. The lowest BCUT2D eigenvalue weighted by molar-refractivity contribution is -0.385. The van der Waals surface area contributed by atoms with Crippen LogP contribution in [0.2, 0.25) is 0 Å². The van der Waals surface area contributed by atoms with E-state index in [2.05, 4.69) is 11.8 Å². The zero-order chi connectivity index (χ0) is 15.4. The second kappa shape index (κ2) is 6.87. The number of nitro groups is 1. The average molecular weight is 293 g/mol. The molecule has 0 aromatic heterocycles. The first kappa shape index (κ1) is 15.7. The quantitative estimate of drug-likeness (QED) is 0.665. The summed E-state index contributed by atoms with van der Waals surface area (Å²) in [6, 6.07) is 5.97. The Morgan fingerprint density at radius 2 is 2.24 bits per heavy atom. The van der Waals surface area contributed by atoms with Crippen LogP contribution in [0, 0.1) is 10.1 Å². The Morgan fingerprint density at radius 1 is 1.48 bits per heavy atom. The van der Waals surface area contributed by atoms with Crippen LogP contribution in [0.15, 0.2) is 18.2 Å². The molecule has 1 aliphatic heterocycles. The summed E-state index contributed by atoms with van der Waals surface area (Å²) in [4.78, 5) is 13.1. The molecule has 2 atom stereocenters. The fourth-order valence-electron chi connectivity index (χ4n) is 3.07. The highest BCUT2D eigenvalue weighted by Crippen LogP contribution is 2.30. The number of hydrogen-bond acceptors (Lipinski definition) is 5. The van der Waals surface area contributed by atoms with Gasteiger partial charge in [-0.15, -0.1) is 0 Å². The summed E-state index contributed by atoms with van der Waals surface area (Å²) in [6.07, 6.45) is 3.44. The van der Waals surface area contributed by atoms with Gasteiger partial charge in [0.15, 0.2) is 5.75 Å². The fourth-order valence-corrected chi connectivity index (χ4v) is 3.07. The molecule has 0 saturated carbocycles. The highest BCUT2D eigenvalue weighted by Gasteiger charge is 2.27. The van der Waals surface area contributed by atoms with Crippen molar-refractivity contribution in [3.8, 4) is 5.75 Å². The molecule has 2 N–H and O–H groups in total. The lowest BCUT2D eigenvalue weighted by Crippen LogP contribution is -2.48. The molecule has 116 valence electrons. The molecule has 1 aromatic rings. The Kier molecular flexibility index (Phi) is 5.14. The Bertz CT molecular complexity index is 507. The van der Waals surface area contributed by atoms with Crippen molar-refractivity contribution >= 4 is 5.69 Å². The third kappa shape index (κ3) is 3.51. The van der Waals surface area contributed by atoms with E-state index in [0.717, 1.165) is 18.4 Å². The van der Waals surface area contributed by atoms with Crippen LogP contribution in [0.4, 0.5) is 5.69 Å². The highest BCUT2D eigenvalue weighted by molar-refractivity contribution is 5.48. The van der Waals surface area contributed by atoms with Crippen molar-refractivity contribution < 1.29 is 9.66 Å². The van der Waals surface area contributed by atoms with Gasteiger partial charge in [0.25, 0.3) is 0 Å². The standard InChI is InChI=1S/C15H23N3O3/c1-11-4-3-5-13(9-16)17(11)10-12-6-7-15(21-2)14(8-12)18(19)20/h6-8,11,13H,3-5,9-10,16H2,1-2H3. The number of hydrogen-bond donors (Lipinski definition) is 1. The molecule has 6 heteroatoms. The minimum Gasteiger partial charge on any atom is -0.490 e. The molecule has 1 aromatic carbocycles. The molecule has 1 fully saturated rings. The van der Waals surface area contributed by atoms with E-state index in [9.17, 15) is 10.1 Å². The van der Waals surface area contributed by atoms with Gasteiger partial charge in [-0.25, -0.2) is 0 Å². The number of piperidine rings is 1. The normalized spacial score (nSPS) is 23.0. The zero-order valence-electron chi connectivity index (χ0n) is 12.6. The van der Waals surface area contributed by atoms with E-state index < -0.39 is 4.92 Å².